The molecule has 0 atom stereocenters. The van der Waals surface area contributed by atoms with E-state index in [1.165, 1.54) is 0 Å². The largest absolute Gasteiger partial charge is 0.344 e. The van der Waals surface area contributed by atoms with Crippen LogP contribution in [0.5, 0.6) is 0 Å². The Kier molecular flexibility index (Phi) is 7.75. The average Bonchev–Trinajstić information content (AvgIpc) is 2.71. The lowest BCUT2D eigenvalue weighted by Crippen LogP contribution is -2.47. The lowest BCUT2D eigenvalue weighted by Gasteiger charge is -2.32. The first kappa shape index (κ1) is 18.3. The molecule has 0 aromatic carbocycles. The zero-order valence-corrected chi connectivity index (χ0v) is 14.0. The van der Waals surface area contributed by atoms with Crippen molar-refractivity contribution in [3.8, 4) is 12.3 Å². The summed E-state index contributed by atoms with van der Waals surface area (Å²) < 4.78 is 0. The number of nitrogens with zero attached hydrogens (tertiary/aromatic N) is 3. The van der Waals surface area contributed by atoms with Crippen molar-refractivity contribution >= 4 is 11.9 Å². The Labute approximate surface area is 133 Å². The summed E-state index contributed by atoms with van der Waals surface area (Å²) in [5.41, 5.74) is 0. The van der Waals surface area contributed by atoms with Crippen molar-refractivity contribution in [1.82, 2.24) is 20.0 Å². The monoisotopic (exact) mass is 308 g/mol. The van der Waals surface area contributed by atoms with E-state index in [1.807, 2.05) is 30.6 Å². The van der Waals surface area contributed by atoms with Crippen LogP contribution in [0.1, 0.15) is 27.2 Å². The van der Waals surface area contributed by atoms with E-state index in [2.05, 4.69) is 16.1 Å². The molecule has 124 valence electrons. The fourth-order valence-corrected chi connectivity index (χ4v) is 2.63. The van der Waals surface area contributed by atoms with Gasteiger partial charge in [0.2, 0.25) is 5.91 Å². The summed E-state index contributed by atoms with van der Waals surface area (Å²) in [6, 6.07) is 0.294. The van der Waals surface area contributed by atoms with E-state index in [0.717, 1.165) is 19.5 Å². The summed E-state index contributed by atoms with van der Waals surface area (Å²) >= 11 is 0. The Morgan fingerprint density at radius 1 is 1.27 bits per heavy atom. The van der Waals surface area contributed by atoms with E-state index in [1.54, 1.807) is 0 Å². The Bertz CT molecular complexity index is 417. The van der Waals surface area contributed by atoms with Gasteiger partial charge in [0.1, 0.15) is 0 Å². The molecule has 0 aliphatic carbocycles. The van der Waals surface area contributed by atoms with Crippen molar-refractivity contribution < 1.29 is 9.59 Å². The van der Waals surface area contributed by atoms with Crippen molar-refractivity contribution in [2.45, 2.75) is 33.2 Å². The number of hydrogen-bond donors (Lipinski definition) is 1. The van der Waals surface area contributed by atoms with Crippen LogP contribution in [0.3, 0.4) is 0 Å². The highest BCUT2D eigenvalue weighted by Gasteiger charge is 2.24. The van der Waals surface area contributed by atoms with E-state index >= 15 is 0 Å². The van der Waals surface area contributed by atoms with Gasteiger partial charge in [0.25, 0.3) is 0 Å². The normalized spacial score (nSPS) is 16.0. The topological polar surface area (TPSA) is 55.9 Å². The first-order valence-electron chi connectivity index (χ1n) is 7.97. The second-order valence-electron chi connectivity index (χ2n) is 5.76. The van der Waals surface area contributed by atoms with Crippen LogP contribution in [0, 0.1) is 12.3 Å². The molecule has 6 nitrogen and oxygen atoms in total. The maximum atomic E-state index is 12.5. The van der Waals surface area contributed by atoms with Gasteiger partial charge in [-0.3, -0.25) is 9.69 Å². The molecule has 1 aliphatic heterocycles. The minimum Gasteiger partial charge on any atom is -0.344 e. The molecule has 1 fully saturated rings. The van der Waals surface area contributed by atoms with Crippen LogP contribution in [-0.4, -0.2) is 78.5 Å². The molecule has 0 bridgehead atoms. The molecule has 1 heterocycles. The van der Waals surface area contributed by atoms with Crippen LogP contribution in [0.25, 0.3) is 0 Å². The molecule has 22 heavy (non-hydrogen) atoms. The summed E-state index contributed by atoms with van der Waals surface area (Å²) in [7, 11) is 0. The fourth-order valence-electron chi connectivity index (χ4n) is 2.63. The smallest absolute Gasteiger partial charge is 0.320 e. The number of carbonyl (C=O) groups excluding carboxylic acids is 2. The van der Waals surface area contributed by atoms with E-state index in [9.17, 15) is 9.59 Å². The van der Waals surface area contributed by atoms with Crippen molar-refractivity contribution in [3.05, 3.63) is 0 Å². The molecule has 0 saturated carbocycles. The molecular weight excluding hydrogens is 280 g/mol. The third-order valence-corrected chi connectivity index (χ3v) is 3.82. The molecule has 0 spiro atoms. The van der Waals surface area contributed by atoms with E-state index < -0.39 is 0 Å². The van der Waals surface area contributed by atoms with E-state index in [4.69, 9.17) is 6.42 Å². The van der Waals surface area contributed by atoms with Crippen molar-refractivity contribution in [2.75, 3.05) is 45.8 Å². The first-order chi connectivity index (χ1) is 10.5. The van der Waals surface area contributed by atoms with Gasteiger partial charge < -0.3 is 15.1 Å². The summed E-state index contributed by atoms with van der Waals surface area (Å²) in [5, 5.41) is 2.67. The van der Waals surface area contributed by atoms with Crippen LogP contribution in [-0.2, 0) is 4.79 Å². The number of rotatable bonds is 5. The molecule has 0 aromatic heterocycles. The standard InChI is InChI=1S/C16H28N4O2/c1-5-8-17-15(21)13-18-9-7-10-19(12-11-18)16(22)20(6-2)14(3)4/h1,14H,6-13H2,2-4H3,(H,17,21). The van der Waals surface area contributed by atoms with Gasteiger partial charge in [-0.15, -0.1) is 6.42 Å². The van der Waals surface area contributed by atoms with Crippen molar-refractivity contribution in [2.24, 2.45) is 0 Å². The van der Waals surface area contributed by atoms with E-state index in [0.29, 0.717) is 26.2 Å². The van der Waals surface area contributed by atoms with Crippen LogP contribution >= 0.6 is 0 Å². The predicted octanol–water partition coefficient (Wildman–Crippen LogP) is 0.594. The van der Waals surface area contributed by atoms with Gasteiger partial charge in [-0.1, -0.05) is 5.92 Å². The number of nitrogens with one attached hydrogen (secondary N) is 1. The van der Waals surface area contributed by atoms with Gasteiger partial charge in [-0.2, -0.15) is 0 Å². The Morgan fingerprint density at radius 2 is 2.00 bits per heavy atom. The van der Waals surface area contributed by atoms with Crippen LogP contribution in [0.15, 0.2) is 0 Å². The van der Waals surface area contributed by atoms with Gasteiger partial charge in [-0.05, 0) is 27.2 Å². The van der Waals surface area contributed by atoms with Crippen molar-refractivity contribution in [1.29, 1.82) is 0 Å². The molecule has 1 N–H and O–H groups in total. The van der Waals surface area contributed by atoms with Crippen LogP contribution in [0.2, 0.25) is 0 Å². The van der Waals surface area contributed by atoms with Gasteiger partial charge in [0.05, 0.1) is 13.1 Å². The highest BCUT2D eigenvalue weighted by molar-refractivity contribution is 5.78. The van der Waals surface area contributed by atoms with E-state index in [-0.39, 0.29) is 24.5 Å². The maximum absolute atomic E-state index is 12.5. The zero-order valence-electron chi connectivity index (χ0n) is 14.0. The van der Waals surface area contributed by atoms with Gasteiger partial charge in [0, 0.05) is 38.8 Å². The number of terminal acetylenes is 1. The maximum Gasteiger partial charge on any atom is 0.320 e. The molecule has 0 radical (unpaired) electrons. The minimum absolute atomic E-state index is 0.0601. The lowest BCUT2D eigenvalue weighted by molar-refractivity contribution is -0.121. The Balaban J connectivity index is 2.50. The molecule has 3 amide bonds. The molecule has 0 aromatic rings. The van der Waals surface area contributed by atoms with Gasteiger partial charge in [-0.25, -0.2) is 4.79 Å². The molecule has 1 rings (SSSR count). The fraction of sp³-hybridized carbons (Fsp3) is 0.750. The summed E-state index contributed by atoms with van der Waals surface area (Å²) in [6.45, 7) is 10.3. The summed E-state index contributed by atoms with van der Waals surface area (Å²) in [6.07, 6.45) is 6.00. The highest BCUT2D eigenvalue weighted by atomic mass is 16.2. The molecule has 0 unspecified atom stereocenters. The van der Waals surface area contributed by atoms with Gasteiger partial charge in [0.15, 0.2) is 0 Å². The highest BCUT2D eigenvalue weighted by Crippen LogP contribution is 2.09. The minimum atomic E-state index is -0.0601. The predicted molar refractivity (Wildman–Crippen MR) is 87.4 cm³/mol. The first-order valence-corrected chi connectivity index (χ1v) is 7.97. The lowest BCUT2D eigenvalue weighted by atomic mass is 10.3. The number of urea groups is 1. The number of amides is 3. The molecule has 1 saturated heterocycles. The second kappa shape index (κ2) is 9.31. The second-order valence-corrected chi connectivity index (χ2v) is 5.76. The van der Waals surface area contributed by atoms with Gasteiger partial charge >= 0.3 is 6.03 Å². The molecular formula is C16H28N4O2. The summed E-state index contributed by atoms with van der Waals surface area (Å²) in [4.78, 5) is 30.1. The Hall–Kier alpha value is -1.74. The third-order valence-electron chi connectivity index (χ3n) is 3.82. The zero-order chi connectivity index (χ0) is 16.5. The third kappa shape index (κ3) is 5.57. The van der Waals surface area contributed by atoms with Crippen molar-refractivity contribution in [3.63, 3.8) is 0 Å². The number of carbonyl (C=O) groups is 2. The van der Waals surface area contributed by atoms with Crippen LogP contribution in [0.4, 0.5) is 4.79 Å². The summed E-state index contributed by atoms with van der Waals surface area (Å²) in [5.74, 6) is 2.33. The Morgan fingerprint density at radius 3 is 2.59 bits per heavy atom. The quantitative estimate of drug-likeness (QED) is 0.757. The number of hydrogen-bond acceptors (Lipinski definition) is 3. The van der Waals surface area contributed by atoms with Crippen LogP contribution < -0.4 is 5.32 Å². The SMILES string of the molecule is C#CCNC(=O)CN1CCCN(C(=O)N(CC)C(C)C)CC1. The average molecular weight is 308 g/mol. The molecule has 1 aliphatic rings. The molecule has 6 heteroatoms.